The Kier molecular flexibility index (Phi) is 6.74. The maximum Gasteiger partial charge on any atom is 0.410 e. The molecule has 2 N–H and O–H groups in total. The number of alkyl halides is 3. The Balaban J connectivity index is 1.32. The lowest BCUT2D eigenvalue weighted by molar-refractivity contribution is -0.173. The van der Waals surface area contributed by atoms with Crippen LogP contribution in [0.1, 0.15) is 49.4 Å². The highest BCUT2D eigenvalue weighted by atomic mass is 19.4. The second-order valence-electron chi connectivity index (χ2n) is 8.75. The molecule has 9 heteroatoms. The van der Waals surface area contributed by atoms with Gasteiger partial charge in [-0.2, -0.15) is 18.3 Å². The molecule has 1 amide bonds. The van der Waals surface area contributed by atoms with E-state index in [2.05, 4.69) is 15.7 Å². The molecule has 0 aliphatic carbocycles. The monoisotopic (exact) mass is 449 g/mol. The van der Waals surface area contributed by atoms with Crippen LogP contribution in [0.4, 0.5) is 19.0 Å². The first-order chi connectivity index (χ1) is 15.3. The van der Waals surface area contributed by atoms with Gasteiger partial charge in [0.15, 0.2) is 6.04 Å². The van der Waals surface area contributed by atoms with Crippen molar-refractivity contribution in [2.75, 3.05) is 31.5 Å². The van der Waals surface area contributed by atoms with Gasteiger partial charge < -0.3 is 10.6 Å². The molecule has 6 nitrogen and oxygen atoms in total. The Labute approximate surface area is 186 Å². The normalized spacial score (nSPS) is 23.6. The van der Waals surface area contributed by atoms with Gasteiger partial charge in [0.05, 0.1) is 12.2 Å². The fourth-order valence-corrected chi connectivity index (χ4v) is 4.60. The SMILES string of the molecule is CC[C@@H]1C[C@@H](C(F)(F)F)n2nc([C@H]3CCN(CC(=O)NCCc4ccccc4)C3)cc2N1. The number of halogens is 3. The van der Waals surface area contributed by atoms with Crippen molar-refractivity contribution in [3.8, 4) is 0 Å². The molecule has 0 bridgehead atoms. The molecule has 3 heterocycles. The number of carbonyl (C=O) groups is 1. The molecule has 2 aliphatic heterocycles. The van der Waals surface area contributed by atoms with E-state index in [4.69, 9.17) is 0 Å². The second kappa shape index (κ2) is 9.52. The number of benzene rings is 1. The summed E-state index contributed by atoms with van der Waals surface area (Å²) in [5.41, 5.74) is 1.85. The minimum Gasteiger partial charge on any atom is -0.367 e. The van der Waals surface area contributed by atoms with Gasteiger partial charge in [0.1, 0.15) is 5.82 Å². The Morgan fingerprint density at radius 2 is 2.06 bits per heavy atom. The van der Waals surface area contributed by atoms with Crippen molar-refractivity contribution in [3.05, 3.63) is 47.7 Å². The standard InChI is InChI=1S/C23H30F3N5O/c1-2-18-12-20(23(24,25)26)31-21(28-18)13-19(29-31)17-9-11-30(14-17)15-22(32)27-10-8-16-6-4-3-5-7-16/h3-7,13,17-18,20,28H,2,8-12,14-15H2,1H3,(H,27,32)/t17-,18+,20-/m0/s1. The minimum atomic E-state index is -4.33. The van der Waals surface area contributed by atoms with Crippen molar-refractivity contribution < 1.29 is 18.0 Å². The van der Waals surface area contributed by atoms with Crippen molar-refractivity contribution in [1.82, 2.24) is 20.0 Å². The minimum absolute atomic E-state index is 0.00589. The molecule has 0 spiro atoms. The van der Waals surface area contributed by atoms with Gasteiger partial charge in [-0.1, -0.05) is 37.3 Å². The quantitative estimate of drug-likeness (QED) is 0.676. The van der Waals surface area contributed by atoms with E-state index < -0.39 is 12.2 Å². The van der Waals surface area contributed by atoms with Crippen molar-refractivity contribution in [3.63, 3.8) is 0 Å². The summed E-state index contributed by atoms with van der Waals surface area (Å²) in [5, 5.41) is 10.5. The van der Waals surface area contributed by atoms with Crippen LogP contribution in [0.3, 0.4) is 0 Å². The second-order valence-corrected chi connectivity index (χ2v) is 8.75. The van der Waals surface area contributed by atoms with Crippen molar-refractivity contribution in [2.45, 2.75) is 56.8 Å². The number of nitrogens with one attached hydrogen (secondary N) is 2. The number of hydrogen-bond acceptors (Lipinski definition) is 4. The zero-order valence-corrected chi connectivity index (χ0v) is 18.2. The predicted octanol–water partition coefficient (Wildman–Crippen LogP) is 3.73. The molecular weight excluding hydrogens is 419 g/mol. The fourth-order valence-electron chi connectivity index (χ4n) is 4.60. The number of likely N-dealkylation sites (tertiary alicyclic amines) is 1. The van der Waals surface area contributed by atoms with Crippen molar-refractivity contribution in [2.24, 2.45) is 0 Å². The summed E-state index contributed by atoms with van der Waals surface area (Å²) < 4.78 is 41.9. The lowest BCUT2D eigenvalue weighted by Gasteiger charge is -2.32. The number of aromatic nitrogens is 2. The van der Waals surface area contributed by atoms with E-state index in [1.807, 2.05) is 42.2 Å². The molecule has 2 aromatic rings. The van der Waals surface area contributed by atoms with E-state index in [1.165, 1.54) is 5.56 Å². The Morgan fingerprint density at radius 1 is 1.28 bits per heavy atom. The first-order valence-electron chi connectivity index (χ1n) is 11.3. The van der Waals surface area contributed by atoms with Gasteiger partial charge in [0.25, 0.3) is 0 Å². The maximum absolute atomic E-state index is 13.6. The van der Waals surface area contributed by atoms with E-state index in [0.29, 0.717) is 37.6 Å². The van der Waals surface area contributed by atoms with E-state index in [9.17, 15) is 18.0 Å². The number of hydrogen-bond donors (Lipinski definition) is 2. The molecule has 32 heavy (non-hydrogen) atoms. The third-order valence-corrected chi connectivity index (χ3v) is 6.42. The van der Waals surface area contributed by atoms with Gasteiger partial charge in [-0.25, -0.2) is 4.68 Å². The van der Waals surface area contributed by atoms with E-state index in [0.717, 1.165) is 24.1 Å². The largest absolute Gasteiger partial charge is 0.410 e. The van der Waals surface area contributed by atoms with E-state index in [-0.39, 0.29) is 24.3 Å². The Morgan fingerprint density at radius 3 is 2.78 bits per heavy atom. The highest BCUT2D eigenvalue weighted by molar-refractivity contribution is 5.78. The van der Waals surface area contributed by atoms with E-state index in [1.54, 1.807) is 6.07 Å². The number of anilines is 1. The lowest BCUT2D eigenvalue weighted by atomic mass is 10.0. The van der Waals surface area contributed by atoms with Crippen LogP contribution in [0.2, 0.25) is 0 Å². The van der Waals surface area contributed by atoms with Crippen LogP contribution in [-0.4, -0.2) is 59.0 Å². The van der Waals surface area contributed by atoms with Gasteiger partial charge in [0.2, 0.25) is 5.91 Å². The number of rotatable bonds is 7. The summed E-state index contributed by atoms with van der Waals surface area (Å²) >= 11 is 0. The van der Waals surface area contributed by atoms with Gasteiger partial charge >= 0.3 is 6.18 Å². The summed E-state index contributed by atoms with van der Waals surface area (Å²) in [6, 6.07) is 9.93. The van der Waals surface area contributed by atoms with Gasteiger partial charge in [-0.15, -0.1) is 0 Å². The summed E-state index contributed by atoms with van der Waals surface area (Å²) in [5.74, 6) is 0.439. The highest BCUT2D eigenvalue weighted by Crippen LogP contribution is 2.41. The number of fused-ring (bicyclic) bond motifs is 1. The van der Waals surface area contributed by atoms with Gasteiger partial charge in [-0.3, -0.25) is 9.69 Å². The van der Waals surface area contributed by atoms with Crippen LogP contribution in [0.5, 0.6) is 0 Å². The van der Waals surface area contributed by atoms with Crippen LogP contribution >= 0.6 is 0 Å². The molecule has 0 saturated carbocycles. The summed E-state index contributed by atoms with van der Waals surface area (Å²) in [6.07, 6.45) is -2.14. The number of nitrogens with zero attached hydrogens (tertiary/aromatic N) is 3. The molecule has 1 aromatic heterocycles. The number of amides is 1. The average molecular weight is 450 g/mol. The van der Waals surface area contributed by atoms with E-state index >= 15 is 0 Å². The highest BCUT2D eigenvalue weighted by Gasteiger charge is 2.46. The molecule has 1 fully saturated rings. The van der Waals surface area contributed by atoms with Crippen molar-refractivity contribution in [1.29, 1.82) is 0 Å². The van der Waals surface area contributed by atoms with Crippen LogP contribution < -0.4 is 10.6 Å². The van der Waals surface area contributed by atoms with Crippen LogP contribution in [0.25, 0.3) is 0 Å². The number of carbonyl (C=O) groups excluding carboxylic acids is 1. The Bertz CT molecular complexity index is 914. The van der Waals surface area contributed by atoms with Crippen LogP contribution in [0, 0.1) is 0 Å². The Hall–Kier alpha value is -2.55. The third kappa shape index (κ3) is 5.26. The molecule has 1 saturated heterocycles. The van der Waals surface area contributed by atoms with Gasteiger partial charge in [-0.05, 0) is 37.8 Å². The summed E-state index contributed by atoms with van der Waals surface area (Å²) in [6.45, 7) is 4.11. The molecule has 1 aromatic carbocycles. The topological polar surface area (TPSA) is 62.2 Å². The molecule has 0 unspecified atom stereocenters. The molecular formula is C23H30F3N5O. The smallest absolute Gasteiger partial charge is 0.367 e. The molecule has 3 atom stereocenters. The maximum atomic E-state index is 13.6. The van der Waals surface area contributed by atoms with Crippen molar-refractivity contribution >= 4 is 11.7 Å². The lowest BCUT2D eigenvalue weighted by Crippen LogP contribution is -2.38. The van der Waals surface area contributed by atoms with Crippen LogP contribution in [-0.2, 0) is 11.2 Å². The summed E-state index contributed by atoms with van der Waals surface area (Å²) in [7, 11) is 0. The molecule has 4 rings (SSSR count). The zero-order valence-electron chi connectivity index (χ0n) is 18.2. The van der Waals surface area contributed by atoms with Gasteiger partial charge in [0, 0.05) is 31.1 Å². The first kappa shape index (κ1) is 22.6. The zero-order chi connectivity index (χ0) is 22.7. The average Bonchev–Trinajstić information content (AvgIpc) is 3.39. The molecule has 174 valence electrons. The van der Waals surface area contributed by atoms with Crippen LogP contribution in [0.15, 0.2) is 36.4 Å². The fraction of sp³-hybridized carbons (Fsp3) is 0.565. The molecule has 0 radical (unpaired) electrons. The predicted molar refractivity (Wildman–Crippen MR) is 117 cm³/mol. The molecule has 2 aliphatic rings. The third-order valence-electron chi connectivity index (χ3n) is 6.42. The first-order valence-corrected chi connectivity index (χ1v) is 11.3. The summed E-state index contributed by atoms with van der Waals surface area (Å²) in [4.78, 5) is 14.4.